The molecule has 0 saturated carbocycles. The zero-order valence-corrected chi connectivity index (χ0v) is 13.1. The van der Waals surface area contributed by atoms with E-state index in [9.17, 15) is 4.79 Å². The van der Waals surface area contributed by atoms with Crippen LogP contribution in [0.4, 0.5) is 0 Å². The SMILES string of the molecule is COC(=O)/C=C1\C(c2ccccc2)=CC2=C1CCCCCC2. The van der Waals surface area contributed by atoms with E-state index in [-0.39, 0.29) is 5.97 Å². The van der Waals surface area contributed by atoms with Crippen LogP contribution in [0, 0.1) is 0 Å². The van der Waals surface area contributed by atoms with Gasteiger partial charge in [-0.3, -0.25) is 0 Å². The fourth-order valence-electron chi connectivity index (χ4n) is 3.36. The number of ether oxygens (including phenoxy) is 1. The number of methoxy groups -OCH3 is 1. The van der Waals surface area contributed by atoms with Crippen molar-refractivity contribution in [3.05, 3.63) is 64.8 Å². The van der Waals surface area contributed by atoms with Crippen LogP contribution in [0.2, 0.25) is 0 Å². The topological polar surface area (TPSA) is 26.3 Å². The molecule has 1 aromatic carbocycles. The number of benzene rings is 1. The van der Waals surface area contributed by atoms with E-state index in [4.69, 9.17) is 4.74 Å². The summed E-state index contributed by atoms with van der Waals surface area (Å²) in [5.74, 6) is -0.271. The van der Waals surface area contributed by atoms with Crippen LogP contribution in [0.15, 0.2) is 59.2 Å². The average Bonchev–Trinajstić information content (AvgIpc) is 2.85. The van der Waals surface area contributed by atoms with E-state index >= 15 is 0 Å². The highest BCUT2D eigenvalue weighted by molar-refractivity contribution is 5.96. The lowest BCUT2D eigenvalue weighted by molar-refractivity contribution is -0.134. The predicted molar refractivity (Wildman–Crippen MR) is 89.2 cm³/mol. The molecule has 114 valence electrons. The summed E-state index contributed by atoms with van der Waals surface area (Å²) >= 11 is 0. The molecule has 2 nitrogen and oxygen atoms in total. The van der Waals surface area contributed by atoms with Gasteiger partial charge >= 0.3 is 5.97 Å². The number of hydrogen-bond acceptors (Lipinski definition) is 2. The van der Waals surface area contributed by atoms with Crippen LogP contribution in [0.1, 0.15) is 44.1 Å². The molecule has 2 aliphatic rings. The number of carbonyl (C=O) groups is 1. The maximum atomic E-state index is 11.8. The number of allylic oxidation sites excluding steroid dienone is 5. The van der Waals surface area contributed by atoms with E-state index in [2.05, 4.69) is 18.2 Å². The molecule has 0 spiro atoms. The summed E-state index contributed by atoms with van der Waals surface area (Å²) in [6.07, 6.45) is 11.2. The van der Waals surface area contributed by atoms with Crippen LogP contribution in [0.25, 0.3) is 5.57 Å². The number of esters is 1. The zero-order chi connectivity index (χ0) is 15.4. The largest absolute Gasteiger partial charge is 0.466 e. The third kappa shape index (κ3) is 3.06. The van der Waals surface area contributed by atoms with Crippen molar-refractivity contribution in [2.24, 2.45) is 0 Å². The summed E-state index contributed by atoms with van der Waals surface area (Å²) < 4.78 is 4.87. The van der Waals surface area contributed by atoms with Crippen molar-refractivity contribution in [2.75, 3.05) is 7.11 Å². The molecule has 0 amide bonds. The first kappa shape index (κ1) is 14.8. The second-order valence-corrected chi connectivity index (χ2v) is 5.92. The Morgan fingerprint density at radius 2 is 1.77 bits per heavy atom. The second-order valence-electron chi connectivity index (χ2n) is 5.92. The standard InChI is InChI=1S/C20H22O2/c1-22-20(21)14-19-17-12-8-3-2-5-11-16(17)13-18(19)15-9-6-4-7-10-15/h4,6-7,9-10,13-14H,2-3,5,8,11-12H2,1H3/b19-14-. The molecule has 0 aliphatic heterocycles. The van der Waals surface area contributed by atoms with Gasteiger partial charge in [0.15, 0.2) is 0 Å². The molecular weight excluding hydrogens is 272 g/mol. The van der Waals surface area contributed by atoms with Gasteiger partial charge in [0, 0.05) is 6.08 Å². The summed E-state index contributed by atoms with van der Waals surface area (Å²) in [5.41, 5.74) is 6.16. The van der Waals surface area contributed by atoms with E-state index < -0.39 is 0 Å². The van der Waals surface area contributed by atoms with Crippen molar-refractivity contribution >= 4 is 11.5 Å². The van der Waals surface area contributed by atoms with Crippen LogP contribution in [-0.4, -0.2) is 13.1 Å². The highest BCUT2D eigenvalue weighted by Gasteiger charge is 2.24. The zero-order valence-electron chi connectivity index (χ0n) is 13.1. The second kappa shape index (κ2) is 6.78. The van der Waals surface area contributed by atoms with Crippen molar-refractivity contribution in [2.45, 2.75) is 38.5 Å². The number of hydrogen-bond donors (Lipinski definition) is 0. The first-order chi connectivity index (χ1) is 10.8. The number of rotatable bonds is 2. The molecule has 0 aromatic heterocycles. The molecule has 22 heavy (non-hydrogen) atoms. The van der Waals surface area contributed by atoms with Crippen molar-refractivity contribution in [3.8, 4) is 0 Å². The molecule has 0 saturated heterocycles. The lowest BCUT2D eigenvalue weighted by Crippen LogP contribution is -2.01. The summed E-state index contributed by atoms with van der Waals surface area (Å²) in [7, 11) is 1.44. The monoisotopic (exact) mass is 294 g/mol. The lowest BCUT2D eigenvalue weighted by Gasteiger charge is -2.14. The maximum Gasteiger partial charge on any atom is 0.331 e. The van der Waals surface area contributed by atoms with E-state index in [1.807, 2.05) is 18.2 Å². The number of carbonyl (C=O) groups excluding carboxylic acids is 1. The minimum atomic E-state index is -0.271. The van der Waals surface area contributed by atoms with Gasteiger partial charge in [-0.05, 0) is 53.5 Å². The van der Waals surface area contributed by atoms with Crippen LogP contribution in [0.3, 0.4) is 0 Å². The summed E-state index contributed by atoms with van der Waals surface area (Å²) in [4.78, 5) is 11.8. The molecule has 1 aromatic rings. The Morgan fingerprint density at radius 3 is 2.50 bits per heavy atom. The average molecular weight is 294 g/mol. The molecule has 0 atom stereocenters. The summed E-state index contributed by atoms with van der Waals surface area (Å²) in [6, 6.07) is 10.3. The van der Waals surface area contributed by atoms with E-state index in [0.29, 0.717) is 0 Å². The molecule has 2 heteroatoms. The van der Waals surface area contributed by atoms with Gasteiger partial charge in [0.05, 0.1) is 7.11 Å². The Bertz CT molecular complexity index is 648. The maximum absolute atomic E-state index is 11.8. The molecular formula is C20H22O2. The van der Waals surface area contributed by atoms with Gasteiger partial charge in [-0.15, -0.1) is 0 Å². The fourth-order valence-corrected chi connectivity index (χ4v) is 3.36. The van der Waals surface area contributed by atoms with Gasteiger partial charge in [0.25, 0.3) is 0 Å². The van der Waals surface area contributed by atoms with Gasteiger partial charge < -0.3 is 4.74 Å². The van der Waals surface area contributed by atoms with Crippen molar-refractivity contribution in [1.82, 2.24) is 0 Å². The third-order valence-corrected chi connectivity index (χ3v) is 4.49. The Labute approximate surface area is 132 Å². The smallest absolute Gasteiger partial charge is 0.331 e. The van der Waals surface area contributed by atoms with Gasteiger partial charge in [-0.2, -0.15) is 0 Å². The molecule has 0 radical (unpaired) electrons. The Morgan fingerprint density at radius 1 is 1.05 bits per heavy atom. The molecule has 0 bridgehead atoms. The van der Waals surface area contributed by atoms with Crippen LogP contribution >= 0.6 is 0 Å². The van der Waals surface area contributed by atoms with Gasteiger partial charge in [0.1, 0.15) is 0 Å². The quantitative estimate of drug-likeness (QED) is 0.576. The van der Waals surface area contributed by atoms with Gasteiger partial charge in [-0.25, -0.2) is 4.79 Å². The van der Waals surface area contributed by atoms with Crippen LogP contribution < -0.4 is 0 Å². The van der Waals surface area contributed by atoms with E-state index in [1.54, 1.807) is 6.08 Å². The summed E-state index contributed by atoms with van der Waals surface area (Å²) in [6.45, 7) is 0. The fraction of sp³-hybridized carbons (Fsp3) is 0.350. The van der Waals surface area contributed by atoms with Gasteiger partial charge in [-0.1, -0.05) is 49.2 Å². The molecule has 0 fully saturated rings. The Hall–Kier alpha value is -2.09. The Balaban J connectivity index is 2.04. The minimum absolute atomic E-state index is 0.271. The van der Waals surface area contributed by atoms with Crippen LogP contribution in [-0.2, 0) is 9.53 Å². The van der Waals surface area contributed by atoms with Crippen molar-refractivity contribution in [1.29, 1.82) is 0 Å². The lowest BCUT2D eigenvalue weighted by atomic mass is 9.90. The van der Waals surface area contributed by atoms with Gasteiger partial charge in [0.2, 0.25) is 0 Å². The van der Waals surface area contributed by atoms with E-state index in [0.717, 1.165) is 24.0 Å². The molecule has 2 aliphatic carbocycles. The predicted octanol–water partition coefficient (Wildman–Crippen LogP) is 4.83. The third-order valence-electron chi connectivity index (χ3n) is 4.49. The minimum Gasteiger partial charge on any atom is -0.466 e. The molecule has 0 unspecified atom stereocenters. The normalized spacial score (nSPS) is 20.2. The molecule has 3 rings (SSSR count). The summed E-state index contributed by atoms with van der Waals surface area (Å²) in [5, 5.41) is 0. The first-order valence-electron chi connectivity index (χ1n) is 8.09. The van der Waals surface area contributed by atoms with E-state index in [1.165, 1.54) is 49.5 Å². The first-order valence-corrected chi connectivity index (χ1v) is 8.09. The highest BCUT2D eigenvalue weighted by Crippen LogP contribution is 2.42. The highest BCUT2D eigenvalue weighted by atomic mass is 16.5. The molecule has 0 N–H and O–H groups in total. The van der Waals surface area contributed by atoms with Crippen molar-refractivity contribution < 1.29 is 9.53 Å². The Kier molecular flexibility index (Phi) is 4.57. The van der Waals surface area contributed by atoms with Crippen molar-refractivity contribution in [3.63, 3.8) is 0 Å². The molecule has 0 heterocycles. The van der Waals surface area contributed by atoms with Crippen LogP contribution in [0.5, 0.6) is 0 Å².